The van der Waals surface area contributed by atoms with E-state index in [9.17, 15) is 13.5 Å². The van der Waals surface area contributed by atoms with Gasteiger partial charge in [-0.2, -0.15) is 0 Å². The number of nitrogens with one attached hydrogen (secondary N) is 2. The van der Waals surface area contributed by atoms with Gasteiger partial charge in [-0.15, -0.1) is 0 Å². The first kappa shape index (κ1) is 16.8. The van der Waals surface area contributed by atoms with Crippen LogP contribution in [-0.2, 0) is 10.0 Å². The third-order valence-electron chi connectivity index (χ3n) is 1.98. The highest BCUT2D eigenvalue weighted by Crippen LogP contribution is 2.01. The van der Waals surface area contributed by atoms with E-state index in [1.165, 1.54) is 0 Å². The van der Waals surface area contributed by atoms with Crippen molar-refractivity contribution < 1.29 is 13.5 Å². The molecule has 0 bridgehead atoms. The minimum Gasteiger partial charge on any atom is -0.390 e. The standard InChI is InChI=1S/C10H25N3O3S/c1-10(2,12-17(5,15)16)8-11-6-9(14)7-13(3)4/h9,11-12,14H,6-8H2,1-5H3. The molecule has 0 radical (unpaired) electrons. The zero-order valence-corrected chi connectivity index (χ0v) is 12.1. The van der Waals surface area contributed by atoms with E-state index in [0.717, 1.165) is 6.26 Å². The second kappa shape index (κ2) is 6.65. The van der Waals surface area contributed by atoms with Crippen LogP contribution >= 0.6 is 0 Å². The van der Waals surface area contributed by atoms with Crippen LogP contribution in [0.4, 0.5) is 0 Å². The number of sulfonamides is 1. The highest BCUT2D eigenvalue weighted by Gasteiger charge is 2.21. The van der Waals surface area contributed by atoms with Crippen LogP contribution in [0.5, 0.6) is 0 Å². The minimum absolute atomic E-state index is 0.438. The highest BCUT2D eigenvalue weighted by molar-refractivity contribution is 7.88. The van der Waals surface area contributed by atoms with Crippen molar-refractivity contribution in [1.82, 2.24) is 14.9 Å². The first-order chi connectivity index (χ1) is 7.52. The molecule has 17 heavy (non-hydrogen) atoms. The molecule has 0 fully saturated rings. The van der Waals surface area contributed by atoms with E-state index >= 15 is 0 Å². The van der Waals surface area contributed by atoms with Crippen LogP contribution in [0.1, 0.15) is 13.8 Å². The van der Waals surface area contributed by atoms with E-state index in [0.29, 0.717) is 19.6 Å². The van der Waals surface area contributed by atoms with Crippen molar-refractivity contribution in [1.29, 1.82) is 0 Å². The zero-order chi connectivity index (χ0) is 13.7. The lowest BCUT2D eigenvalue weighted by atomic mass is 10.1. The molecule has 0 saturated heterocycles. The molecule has 0 saturated carbocycles. The summed E-state index contributed by atoms with van der Waals surface area (Å²) in [6, 6.07) is 0. The lowest BCUT2D eigenvalue weighted by Gasteiger charge is -2.26. The number of aliphatic hydroxyl groups excluding tert-OH is 1. The molecule has 0 rings (SSSR count). The number of nitrogens with zero attached hydrogens (tertiary/aromatic N) is 1. The Bertz CT molecular complexity index is 315. The number of likely N-dealkylation sites (N-methyl/N-ethyl adjacent to an activating group) is 1. The Morgan fingerprint density at radius 2 is 1.88 bits per heavy atom. The predicted octanol–water partition coefficient (Wildman–Crippen LogP) is -1.17. The van der Waals surface area contributed by atoms with Gasteiger partial charge in [-0.25, -0.2) is 13.1 Å². The minimum atomic E-state index is -3.21. The molecule has 0 aliphatic carbocycles. The van der Waals surface area contributed by atoms with Crippen LogP contribution in [0.2, 0.25) is 0 Å². The SMILES string of the molecule is CN(C)CC(O)CNCC(C)(C)NS(C)(=O)=O. The lowest BCUT2D eigenvalue weighted by molar-refractivity contribution is 0.133. The second-order valence-electron chi connectivity index (χ2n) is 5.31. The third kappa shape index (κ3) is 10.7. The Kier molecular flexibility index (Phi) is 6.57. The fourth-order valence-corrected chi connectivity index (χ4v) is 2.65. The van der Waals surface area contributed by atoms with Gasteiger partial charge in [0, 0.05) is 25.2 Å². The van der Waals surface area contributed by atoms with E-state index in [1.807, 2.05) is 19.0 Å². The van der Waals surface area contributed by atoms with Crippen LogP contribution in [0, 0.1) is 0 Å². The van der Waals surface area contributed by atoms with Gasteiger partial charge in [-0.3, -0.25) is 0 Å². The van der Waals surface area contributed by atoms with E-state index in [1.54, 1.807) is 13.8 Å². The summed E-state index contributed by atoms with van der Waals surface area (Å²) in [7, 11) is 0.562. The van der Waals surface area contributed by atoms with Gasteiger partial charge in [0.15, 0.2) is 0 Å². The average molecular weight is 267 g/mol. The van der Waals surface area contributed by atoms with Gasteiger partial charge in [0.25, 0.3) is 0 Å². The van der Waals surface area contributed by atoms with Gasteiger partial charge in [0.05, 0.1) is 12.4 Å². The summed E-state index contributed by atoms with van der Waals surface area (Å²) in [5.41, 5.74) is -0.564. The Hall–Kier alpha value is -0.210. The zero-order valence-electron chi connectivity index (χ0n) is 11.3. The fourth-order valence-electron chi connectivity index (χ4n) is 1.58. The Balaban J connectivity index is 3.95. The normalized spacial score (nSPS) is 15.2. The molecule has 1 atom stereocenters. The van der Waals surface area contributed by atoms with Crippen molar-refractivity contribution in [3.8, 4) is 0 Å². The number of hydrogen-bond acceptors (Lipinski definition) is 5. The fraction of sp³-hybridized carbons (Fsp3) is 1.00. The summed E-state index contributed by atoms with van der Waals surface area (Å²) < 4.78 is 24.7. The Morgan fingerprint density at radius 3 is 2.29 bits per heavy atom. The van der Waals surface area contributed by atoms with Crippen molar-refractivity contribution in [2.24, 2.45) is 0 Å². The van der Waals surface area contributed by atoms with Gasteiger partial charge in [0.1, 0.15) is 0 Å². The maximum atomic E-state index is 11.1. The van der Waals surface area contributed by atoms with Crippen molar-refractivity contribution in [3.05, 3.63) is 0 Å². The Morgan fingerprint density at radius 1 is 1.35 bits per heavy atom. The molecule has 104 valence electrons. The smallest absolute Gasteiger partial charge is 0.209 e. The van der Waals surface area contributed by atoms with Crippen molar-refractivity contribution in [3.63, 3.8) is 0 Å². The molecule has 0 aromatic rings. The van der Waals surface area contributed by atoms with Crippen molar-refractivity contribution in [2.45, 2.75) is 25.5 Å². The van der Waals surface area contributed by atoms with Gasteiger partial charge in [0.2, 0.25) is 10.0 Å². The largest absolute Gasteiger partial charge is 0.390 e. The van der Waals surface area contributed by atoms with Gasteiger partial charge in [-0.05, 0) is 27.9 Å². The molecule has 3 N–H and O–H groups in total. The first-order valence-electron chi connectivity index (χ1n) is 5.54. The Labute approximate surface area is 104 Å². The van der Waals surface area contributed by atoms with Crippen LogP contribution in [0.15, 0.2) is 0 Å². The van der Waals surface area contributed by atoms with Gasteiger partial charge in [-0.1, -0.05) is 0 Å². The summed E-state index contributed by atoms with van der Waals surface area (Å²) in [6.45, 7) is 5.06. The monoisotopic (exact) mass is 267 g/mol. The number of rotatable bonds is 8. The maximum absolute atomic E-state index is 11.1. The molecular weight excluding hydrogens is 242 g/mol. The van der Waals surface area contributed by atoms with Crippen LogP contribution < -0.4 is 10.0 Å². The average Bonchev–Trinajstić information content (AvgIpc) is 1.95. The van der Waals surface area contributed by atoms with Crippen LogP contribution in [-0.4, -0.2) is 70.1 Å². The quantitative estimate of drug-likeness (QED) is 0.516. The molecule has 0 aliphatic rings. The van der Waals surface area contributed by atoms with E-state index < -0.39 is 21.7 Å². The summed E-state index contributed by atoms with van der Waals surface area (Å²) in [6.07, 6.45) is 0.675. The van der Waals surface area contributed by atoms with E-state index in [2.05, 4.69) is 10.0 Å². The summed E-state index contributed by atoms with van der Waals surface area (Å²) in [5.74, 6) is 0. The molecule has 0 heterocycles. The summed E-state index contributed by atoms with van der Waals surface area (Å²) in [4.78, 5) is 1.90. The lowest BCUT2D eigenvalue weighted by Crippen LogP contribution is -2.51. The maximum Gasteiger partial charge on any atom is 0.209 e. The van der Waals surface area contributed by atoms with E-state index in [-0.39, 0.29) is 0 Å². The molecule has 6 nitrogen and oxygen atoms in total. The number of aliphatic hydroxyl groups is 1. The predicted molar refractivity (Wildman–Crippen MR) is 69.5 cm³/mol. The van der Waals surface area contributed by atoms with E-state index in [4.69, 9.17) is 0 Å². The molecule has 1 unspecified atom stereocenters. The number of hydrogen-bond donors (Lipinski definition) is 3. The second-order valence-corrected chi connectivity index (χ2v) is 7.05. The summed E-state index contributed by atoms with van der Waals surface area (Å²) >= 11 is 0. The molecule has 0 aliphatic heterocycles. The van der Waals surface area contributed by atoms with Crippen LogP contribution in [0.25, 0.3) is 0 Å². The molecule has 0 amide bonds. The van der Waals surface area contributed by atoms with Gasteiger partial charge >= 0.3 is 0 Å². The molecule has 0 spiro atoms. The molecule has 0 aromatic carbocycles. The topological polar surface area (TPSA) is 81.7 Å². The summed E-state index contributed by atoms with van der Waals surface area (Å²) in [5, 5.41) is 12.7. The first-order valence-corrected chi connectivity index (χ1v) is 7.43. The van der Waals surface area contributed by atoms with Crippen molar-refractivity contribution in [2.75, 3.05) is 40.0 Å². The van der Waals surface area contributed by atoms with Gasteiger partial charge < -0.3 is 15.3 Å². The highest BCUT2D eigenvalue weighted by atomic mass is 32.2. The molecule has 7 heteroatoms. The molecule has 0 aromatic heterocycles. The third-order valence-corrected chi connectivity index (χ3v) is 2.91. The molecular formula is C10H25N3O3S. The van der Waals surface area contributed by atoms with Crippen molar-refractivity contribution >= 4 is 10.0 Å². The van der Waals surface area contributed by atoms with Crippen LogP contribution in [0.3, 0.4) is 0 Å².